The van der Waals surface area contributed by atoms with Crippen molar-refractivity contribution in [2.45, 2.75) is 150 Å². The van der Waals surface area contributed by atoms with E-state index >= 15 is 0 Å². The number of methoxy groups -OCH3 is 2. The van der Waals surface area contributed by atoms with Gasteiger partial charge in [0.15, 0.2) is 55.4 Å². The van der Waals surface area contributed by atoms with Crippen molar-refractivity contribution in [3.8, 4) is 12.1 Å². The van der Waals surface area contributed by atoms with Gasteiger partial charge in [0.05, 0.1) is 61.1 Å². The van der Waals surface area contributed by atoms with Crippen molar-refractivity contribution in [2.24, 2.45) is 40.9 Å². The van der Waals surface area contributed by atoms with E-state index in [1.807, 2.05) is 74.5 Å². The molecule has 6 aromatic heterocycles. The highest BCUT2D eigenvalue weighted by Crippen LogP contribution is 2.29. The quantitative estimate of drug-likeness (QED) is 0.0330. The van der Waals surface area contributed by atoms with Crippen LogP contribution in [0.2, 0.25) is 20.5 Å². The average molecular weight is 1650 g/mol. The number of likely N-dealkylation sites (tertiary alicyclic amines) is 3. The molecule has 41 heteroatoms. The minimum atomic E-state index is -0.661. The maximum absolute atomic E-state index is 12.1. The van der Waals surface area contributed by atoms with E-state index in [1.54, 1.807) is 26.8 Å². The molecular formula is C72H99Cl4N25O12. The highest BCUT2D eigenvalue weighted by Gasteiger charge is 2.31. The molecule has 3 aliphatic heterocycles. The highest BCUT2D eigenvalue weighted by molar-refractivity contribution is 6.35. The number of nitrogen functional groups attached to an aromatic ring is 1. The first kappa shape index (κ1) is 92.9. The number of anilines is 6. The summed E-state index contributed by atoms with van der Waals surface area (Å²) in [5.41, 5.74) is 22.4. The second-order valence-corrected chi connectivity index (χ2v) is 30.6. The van der Waals surface area contributed by atoms with Gasteiger partial charge in [0.1, 0.15) is 40.6 Å². The number of ether oxygens (including phenoxy) is 5. The van der Waals surface area contributed by atoms with Crippen LogP contribution < -0.4 is 44.2 Å². The Balaban J connectivity index is 0.000000251. The minimum absolute atomic E-state index is 0.0384. The lowest BCUT2D eigenvalue weighted by molar-refractivity contribution is 0.0177. The average Bonchev–Trinajstić information content (AvgIpc) is 0.850. The number of carbonyl (C=O) groups excluding carboxylic acids is 7. The van der Waals surface area contributed by atoms with Crippen LogP contribution in [0.5, 0.6) is 0 Å². The predicted molar refractivity (Wildman–Crippen MR) is 422 cm³/mol. The molecule has 9 heterocycles. The number of halogens is 4. The predicted octanol–water partition coefficient (Wildman–Crippen LogP) is 10.3. The van der Waals surface area contributed by atoms with E-state index in [0.717, 1.165) is 64.7 Å². The maximum Gasteiger partial charge on any atom is 0.410 e. The van der Waals surface area contributed by atoms with Crippen LogP contribution in [0.25, 0.3) is 0 Å². The Hall–Kier alpha value is -10.7. The van der Waals surface area contributed by atoms with Gasteiger partial charge in [-0.1, -0.05) is 65.7 Å². The van der Waals surface area contributed by atoms with Crippen molar-refractivity contribution in [3.05, 3.63) is 104 Å². The van der Waals surface area contributed by atoms with Gasteiger partial charge < -0.3 is 82.6 Å². The summed E-state index contributed by atoms with van der Waals surface area (Å²) >= 11 is 22.8. The van der Waals surface area contributed by atoms with Crippen LogP contribution in [0.1, 0.15) is 186 Å². The third-order valence-corrected chi connectivity index (χ3v) is 17.5. The maximum atomic E-state index is 12.1. The lowest BCUT2D eigenvalue weighted by Gasteiger charge is -2.33. The monoisotopic (exact) mass is 1650 g/mol. The molecule has 10 rings (SSSR count). The summed E-state index contributed by atoms with van der Waals surface area (Å²) in [6, 6.07) is 9.81. The van der Waals surface area contributed by atoms with Crippen LogP contribution in [0, 0.1) is 46.3 Å². The Morgan fingerprint density at radius 2 is 0.823 bits per heavy atom. The number of primary amides is 2. The number of hydrogen-bond donors (Lipinski definition) is 8. The molecule has 4 aliphatic rings. The van der Waals surface area contributed by atoms with Crippen molar-refractivity contribution in [1.29, 1.82) is 10.5 Å². The van der Waals surface area contributed by atoms with Crippen molar-refractivity contribution in [1.82, 2.24) is 75.4 Å². The van der Waals surface area contributed by atoms with Crippen LogP contribution >= 0.6 is 46.4 Å². The van der Waals surface area contributed by atoms with E-state index < -0.39 is 40.6 Å². The molecule has 1 aliphatic carbocycles. The number of amides is 5. The van der Waals surface area contributed by atoms with Gasteiger partial charge in [-0.05, 0) is 150 Å². The van der Waals surface area contributed by atoms with Gasteiger partial charge in [-0.3, -0.25) is 9.59 Å². The first-order valence-corrected chi connectivity index (χ1v) is 37.6. The molecule has 3 saturated heterocycles. The van der Waals surface area contributed by atoms with E-state index in [2.05, 4.69) is 86.7 Å². The smallest absolute Gasteiger partial charge is 0.410 e. The lowest BCUT2D eigenvalue weighted by atomic mass is 9.89. The third-order valence-electron chi connectivity index (χ3n) is 16.7. The van der Waals surface area contributed by atoms with Crippen molar-refractivity contribution >= 4 is 123 Å². The molecule has 12 N–H and O–H groups in total. The first-order valence-electron chi connectivity index (χ1n) is 36.1. The number of nitrogens with two attached hydrogens (primary N) is 4. The van der Waals surface area contributed by atoms with Gasteiger partial charge in [0.2, 0.25) is 0 Å². The lowest BCUT2D eigenvalue weighted by Crippen LogP contribution is -2.42. The molecule has 0 radical (unpaired) electrons. The fraction of sp³-hybridized carbons (Fsp3) is 0.542. The standard InChI is InChI=1S/C17H25ClN4O4.C17H20N8O.C16H24ClN5O3.C11H22N2O2.C6H4Cl2N2O2.C5H4N4/c1-17(2,3)26-16(24)22-7-5-11(6-8-22)10-19-12-9-13(18)20-21-14(12)15(23)25-4;18-7-12-9-22-15(10-20-12)23-14-6-13(16(17(19)26)25-24-14)21-8-11-4-2-1-3-5-11;1-16(2,3)25-15(24)22-6-4-10(5-7-22)9-19-11-8-12(17)20-21-13(11)14(18)23;1-11(2,3)15-10(14)13-6-4-9(8-12)5-7-13;1-12-6(11)5-3(7)2-4(8)9-10-5;6-1-4-2-9-5(7)3-8-4/h9,11H,5-8,10H2,1-4H3,(H,19,20);6,9-11H,1-5,8H2,(H2,19,26)(H2,21,22,23,24);8,10H,4-7,9H2,1-3H3,(H2,18,23)(H,19,20);9H,4-8,12H2,1-3H3;2H,1H3;2-3H,(H2,7,9). The molecule has 0 spiro atoms. The third kappa shape index (κ3) is 34.0. The fourth-order valence-corrected chi connectivity index (χ4v) is 11.6. The number of hydrogen-bond acceptors (Lipinski definition) is 32. The normalized spacial score (nSPS) is 14.6. The Morgan fingerprint density at radius 3 is 1.19 bits per heavy atom. The minimum Gasteiger partial charge on any atom is -0.464 e. The second-order valence-electron chi connectivity index (χ2n) is 29.0. The summed E-state index contributed by atoms with van der Waals surface area (Å²) in [5.74, 6) is 0.512. The largest absolute Gasteiger partial charge is 0.464 e. The summed E-state index contributed by atoms with van der Waals surface area (Å²) < 4.78 is 25.2. The number of rotatable bonds is 16. The summed E-state index contributed by atoms with van der Waals surface area (Å²) in [6.45, 7) is 23.6. The van der Waals surface area contributed by atoms with Crippen LogP contribution in [-0.4, -0.2) is 214 Å². The molecule has 5 amide bonds. The summed E-state index contributed by atoms with van der Waals surface area (Å²) in [7, 11) is 2.52. The number of piperidine rings is 3. The van der Waals surface area contributed by atoms with Gasteiger partial charge in [0, 0.05) is 77.1 Å². The number of nitriles is 2. The van der Waals surface area contributed by atoms with Gasteiger partial charge in [-0.2, -0.15) is 10.5 Å². The van der Waals surface area contributed by atoms with Crippen LogP contribution in [-0.2, 0) is 23.7 Å². The fourth-order valence-electron chi connectivity index (χ4n) is 10.9. The van der Waals surface area contributed by atoms with Crippen molar-refractivity contribution in [2.75, 3.05) is 107 Å². The molecule has 612 valence electrons. The SMILES string of the molecule is CC(C)(C)OC(=O)N1CCC(CN)CC1.CC(C)(C)OC(=O)N1CCC(CNc2cc(Cl)nnc2C(N)=O)CC1.COC(=O)c1nnc(Cl)cc1Cl.COC(=O)c1nnc(Cl)cc1NCC1CCN(C(=O)OC(C)(C)C)CC1.N#Cc1cnc(N)cn1.N#Cc1cnc(Nc2cc(NCC3CCCCC3)c(C(N)=O)nn2)cn1. The van der Waals surface area contributed by atoms with Gasteiger partial charge in [0.25, 0.3) is 11.8 Å². The summed E-state index contributed by atoms with van der Waals surface area (Å²) in [4.78, 5) is 102. The van der Waals surface area contributed by atoms with E-state index in [9.17, 15) is 33.6 Å². The number of aromatic nitrogens is 12. The highest BCUT2D eigenvalue weighted by atomic mass is 35.5. The second kappa shape index (κ2) is 45.7. The molecule has 0 atom stereocenters. The Labute approximate surface area is 675 Å². The van der Waals surface area contributed by atoms with E-state index in [0.29, 0.717) is 97.5 Å². The summed E-state index contributed by atoms with van der Waals surface area (Å²) in [6.07, 6.45) is 16.2. The molecule has 6 aromatic rings. The van der Waals surface area contributed by atoms with Crippen LogP contribution in [0.4, 0.5) is 48.9 Å². The Morgan fingerprint density at radius 1 is 0.460 bits per heavy atom. The molecule has 0 aromatic carbocycles. The Kier molecular flexibility index (Phi) is 37.6. The van der Waals surface area contributed by atoms with E-state index in [-0.39, 0.29) is 72.9 Å². The van der Waals surface area contributed by atoms with Crippen LogP contribution in [0.15, 0.2) is 49.1 Å². The molecular weight excluding hydrogens is 1550 g/mol. The number of esters is 2. The number of nitrogens with one attached hydrogen (secondary N) is 4. The van der Waals surface area contributed by atoms with Gasteiger partial charge in [-0.25, -0.2) is 43.9 Å². The van der Waals surface area contributed by atoms with E-state index in [4.69, 9.17) is 98.8 Å². The molecule has 1 saturated carbocycles. The Bertz CT molecular complexity index is 4190. The van der Waals surface area contributed by atoms with Crippen LogP contribution in [0.3, 0.4) is 0 Å². The zero-order valence-corrected chi connectivity index (χ0v) is 68.1. The van der Waals surface area contributed by atoms with E-state index in [1.165, 1.54) is 83.2 Å². The molecule has 113 heavy (non-hydrogen) atoms. The van der Waals surface area contributed by atoms with Crippen molar-refractivity contribution in [3.63, 3.8) is 0 Å². The van der Waals surface area contributed by atoms with Crippen molar-refractivity contribution < 1.29 is 57.2 Å². The number of carbonyl (C=O) groups is 7. The molecule has 37 nitrogen and oxygen atoms in total. The zero-order chi connectivity index (χ0) is 83.6. The molecule has 0 bridgehead atoms. The van der Waals surface area contributed by atoms with Gasteiger partial charge >= 0.3 is 30.2 Å². The number of nitrogens with zero attached hydrogens (tertiary/aromatic N) is 17. The van der Waals surface area contributed by atoms with Gasteiger partial charge in [-0.15, -0.1) is 40.8 Å². The molecule has 4 fully saturated rings. The topological polar surface area (TPSA) is 530 Å². The molecule has 0 unspecified atom stereocenters. The first-order chi connectivity index (χ1) is 53.4. The summed E-state index contributed by atoms with van der Waals surface area (Å²) in [5, 5.41) is 59.8. The zero-order valence-electron chi connectivity index (χ0n) is 65.1.